The molecule has 0 aromatic carbocycles. The highest BCUT2D eigenvalue weighted by molar-refractivity contribution is 7.17. The molecule has 0 fully saturated rings. The fraction of sp³-hybridized carbons (Fsp3) is 0.222. The van der Waals surface area contributed by atoms with Crippen LogP contribution in [-0.4, -0.2) is 33.7 Å². The molecule has 0 aliphatic carbocycles. The Morgan fingerprint density at radius 1 is 1.62 bits per heavy atom. The van der Waals surface area contributed by atoms with E-state index in [2.05, 4.69) is 9.97 Å². The van der Waals surface area contributed by atoms with Crippen LogP contribution < -0.4 is 10.5 Å². The zero-order valence-electron chi connectivity index (χ0n) is 8.16. The standard InChI is InChI=1S/C9H9N3O3S/c10-5(9(13)14)3-15-8-7-6(1-2-16-7)11-4-12-8/h1-2,4-5H,3,10H2,(H,13,14). The Balaban J connectivity index is 2.15. The van der Waals surface area contributed by atoms with Gasteiger partial charge in [0.05, 0.1) is 5.52 Å². The van der Waals surface area contributed by atoms with Crippen LogP contribution in [0.4, 0.5) is 0 Å². The van der Waals surface area contributed by atoms with Crippen LogP contribution in [0.2, 0.25) is 0 Å². The van der Waals surface area contributed by atoms with E-state index >= 15 is 0 Å². The summed E-state index contributed by atoms with van der Waals surface area (Å²) in [5, 5.41) is 10.5. The van der Waals surface area contributed by atoms with Gasteiger partial charge in [-0.25, -0.2) is 9.97 Å². The monoisotopic (exact) mass is 239 g/mol. The summed E-state index contributed by atoms with van der Waals surface area (Å²) in [5.74, 6) is -0.729. The van der Waals surface area contributed by atoms with Crippen LogP contribution in [-0.2, 0) is 4.79 Å². The quantitative estimate of drug-likeness (QED) is 0.805. The lowest BCUT2D eigenvalue weighted by Crippen LogP contribution is -2.36. The number of fused-ring (bicyclic) bond motifs is 1. The average Bonchev–Trinajstić information content (AvgIpc) is 2.73. The van der Waals surface area contributed by atoms with Gasteiger partial charge in [-0.3, -0.25) is 4.79 Å². The number of nitrogens with zero attached hydrogens (tertiary/aromatic N) is 2. The summed E-state index contributed by atoms with van der Waals surface area (Å²) in [4.78, 5) is 18.5. The normalized spacial score (nSPS) is 12.6. The Bertz CT molecular complexity index is 513. The molecule has 0 saturated carbocycles. The van der Waals surface area contributed by atoms with Gasteiger partial charge in [0, 0.05) is 0 Å². The van der Waals surface area contributed by atoms with E-state index in [1.54, 1.807) is 0 Å². The van der Waals surface area contributed by atoms with Crippen molar-refractivity contribution in [3.05, 3.63) is 17.8 Å². The number of aromatic nitrogens is 2. The summed E-state index contributed by atoms with van der Waals surface area (Å²) in [6.07, 6.45) is 1.37. The van der Waals surface area contributed by atoms with Gasteiger partial charge in [-0.1, -0.05) is 0 Å². The summed E-state index contributed by atoms with van der Waals surface area (Å²) in [6, 6.07) is 0.788. The zero-order valence-corrected chi connectivity index (χ0v) is 8.98. The second kappa shape index (κ2) is 4.42. The van der Waals surface area contributed by atoms with Crippen molar-refractivity contribution in [2.45, 2.75) is 6.04 Å². The highest BCUT2D eigenvalue weighted by Crippen LogP contribution is 2.26. The maximum absolute atomic E-state index is 10.5. The fourth-order valence-corrected chi connectivity index (χ4v) is 1.90. The molecule has 6 nitrogen and oxygen atoms in total. The molecule has 2 aromatic rings. The van der Waals surface area contributed by atoms with Crippen LogP contribution in [0.1, 0.15) is 0 Å². The highest BCUT2D eigenvalue weighted by Gasteiger charge is 2.14. The van der Waals surface area contributed by atoms with Gasteiger partial charge in [-0.2, -0.15) is 0 Å². The molecule has 7 heteroatoms. The van der Waals surface area contributed by atoms with Crippen LogP contribution in [0.25, 0.3) is 10.2 Å². The SMILES string of the molecule is NC(COc1ncnc2ccsc12)C(=O)O. The number of carbonyl (C=O) groups is 1. The van der Waals surface area contributed by atoms with E-state index in [1.807, 2.05) is 11.4 Å². The molecule has 1 atom stereocenters. The number of carboxylic acid groups (broad SMARTS) is 1. The van der Waals surface area contributed by atoms with Crippen molar-refractivity contribution in [3.63, 3.8) is 0 Å². The van der Waals surface area contributed by atoms with E-state index in [0.717, 1.165) is 10.2 Å². The van der Waals surface area contributed by atoms with Gasteiger partial charge in [0.25, 0.3) is 0 Å². The number of thiophene rings is 1. The molecule has 0 aliphatic rings. The molecule has 2 rings (SSSR count). The number of hydrogen-bond donors (Lipinski definition) is 2. The van der Waals surface area contributed by atoms with Crippen LogP contribution in [0, 0.1) is 0 Å². The van der Waals surface area contributed by atoms with Gasteiger partial charge in [0.1, 0.15) is 23.7 Å². The van der Waals surface area contributed by atoms with Crippen molar-refractivity contribution >= 4 is 27.5 Å². The van der Waals surface area contributed by atoms with E-state index in [0.29, 0.717) is 5.88 Å². The first-order valence-corrected chi connectivity index (χ1v) is 5.36. The van der Waals surface area contributed by atoms with Crippen molar-refractivity contribution in [1.29, 1.82) is 0 Å². The third kappa shape index (κ3) is 2.10. The van der Waals surface area contributed by atoms with Crippen LogP contribution >= 0.6 is 11.3 Å². The zero-order chi connectivity index (χ0) is 11.5. The number of carboxylic acids is 1. The second-order valence-electron chi connectivity index (χ2n) is 3.07. The maximum Gasteiger partial charge on any atom is 0.324 e. The first-order chi connectivity index (χ1) is 7.68. The smallest absolute Gasteiger partial charge is 0.324 e. The second-order valence-corrected chi connectivity index (χ2v) is 3.99. The number of nitrogens with two attached hydrogens (primary N) is 1. The molecule has 84 valence electrons. The lowest BCUT2D eigenvalue weighted by Gasteiger charge is -2.08. The van der Waals surface area contributed by atoms with Crippen molar-refractivity contribution in [3.8, 4) is 5.88 Å². The van der Waals surface area contributed by atoms with Crippen LogP contribution in [0.3, 0.4) is 0 Å². The number of hydrogen-bond acceptors (Lipinski definition) is 6. The average molecular weight is 239 g/mol. The number of aliphatic carboxylic acids is 1. The van der Waals surface area contributed by atoms with Crippen molar-refractivity contribution in [1.82, 2.24) is 9.97 Å². The van der Waals surface area contributed by atoms with E-state index in [-0.39, 0.29) is 6.61 Å². The summed E-state index contributed by atoms with van der Waals surface area (Å²) in [5.41, 5.74) is 6.10. The first-order valence-electron chi connectivity index (χ1n) is 4.48. The molecular weight excluding hydrogens is 230 g/mol. The molecular formula is C9H9N3O3S. The van der Waals surface area contributed by atoms with Gasteiger partial charge < -0.3 is 15.6 Å². The Hall–Kier alpha value is -1.73. The summed E-state index contributed by atoms with van der Waals surface area (Å²) in [6.45, 7) is -0.112. The molecule has 0 radical (unpaired) electrons. The Morgan fingerprint density at radius 2 is 2.44 bits per heavy atom. The topological polar surface area (TPSA) is 98.3 Å². The number of ether oxygens (including phenoxy) is 1. The molecule has 0 amide bonds. The molecule has 2 aromatic heterocycles. The predicted molar refractivity (Wildman–Crippen MR) is 58.5 cm³/mol. The molecule has 0 aliphatic heterocycles. The summed E-state index contributed by atoms with van der Waals surface area (Å²) in [7, 11) is 0. The van der Waals surface area contributed by atoms with E-state index in [4.69, 9.17) is 15.6 Å². The number of rotatable bonds is 4. The van der Waals surface area contributed by atoms with Gasteiger partial charge in [0.15, 0.2) is 0 Å². The minimum atomic E-state index is -1.10. The Labute approximate surface area is 94.7 Å². The molecule has 3 N–H and O–H groups in total. The van der Waals surface area contributed by atoms with E-state index in [9.17, 15) is 4.79 Å². The Morgan fingerprint density at radius 3 is 3.19 bits per heavy atom. The lowest BCUT2D eigenvalue weighted by atomic mass is 10.3. The van der Waals surface area contributed by atoms with E-state index in [1.165, 1.54) is 17.7 Å². The third-order valence-electron chi connectivity index (χ3n) is 1.93. The molecule has 16 heavy (non-hydrogen) atoms. The van der Waals surface area contributed by atoms with E-state index < -0.39 is 12.0 Å². The lowest BCUT2D eigenvalue weighted by molar-refractivity contribution is -0.139. The first kappa shape index (κ1) is 10.8. The molecule has 2 heterocycles. The largest absolute Gasteiger partial charge is 0.480 e. The van der Waals surface area contributed by atoms with Crippen molar-refractivity contribution in [2.24, 2.45) is 5.73 Å². The molecule has 1 unspecified atom stereocenters. The molecule has 0 bridgehead atoms. The summed E-state index contributed by atoms with van der Waals surface area (Å²) >= 11 is 1.44. The highest BCUT2D eigenvalue weighted by atomic mass is 32.1. The maximum atomic E-state index is 10.5. The van der Waals surface area contributed by atoms with Crippen molar-refractivity contribution in [2.75, 3.05) is 6.61 Å². The minimum Gasteiger partial charge on any atom is -0.480 e. The van der Waals surface area contributed by atoms with Crippen LogP contribution in [0.15, 0.2) is 17.8 Å². The molecule has 0 spiro atoms. The predicted octanol–water partition coefficient (Wildman–Crippen LogP) is 0.482. The summed E-state index contributed by atoms with van der Waals surface area (Å²) < 4.78 is 6.05. The van der Waals surface area contributed by atoms with Gasteiger partial charge in [-0.15, -0.1) is 11.3 Å². The van der Waals surface area contributed by atoms with Gasteiger partial charge >= 0.3 is 5.97 Å². The van der Waals surface area contributed by atoms with Gasteiger partial charge in [-0.05, 0) is 11.4 Å². The minimum absolute atomic E-state index is 0.112. The van der Waals surface area contributed by atoms with Crippen LogP contribution in [0.5, 0.6) is 5.88 Å². The third-order valence-corrected chi connectivity index (χ3v) is 2.82. The Kier molecular flexibility index (Phi) is 2.97. The van der Waals surface area contributed by atoms with Crippen molar-refractivity contribution < 1.29 is 14.6 Å². The van der Waals surface area contributed by atoms with Gasteiger partial charge in [0.2, 0.25) is 5.88 Å². The molecule has 0 saturated heterocycles. The fourth-order valence-electron chi connectivity index (χ4n) is 1.11.